The molecule has 0 fully saturated rings. The molecule has 0 aliphatic carbocycles. The van der Waals surface area contributed by atoms with Crippen molar-refractivity contribution in [3.8, 4) is 5.75 Å². The van der Waals surface area contributed by atoms with Gasteiger partial charge in [0.05, 0.1) is 7.11 Å². The van der Waals surface area contributed by atoms with Crippen LogP contribution in [0.2, 0.25) is 0 Å². The standard InChI is InChI=1S/C14H18N4O/c1-19-13-4-2-3-12(9-13)10-17-6-5-14-16-15-11-18(14)8-7-17/h2-4,9,11H,5-8,10H2,1H3. The largest absolute Gasteiger partial charge is 0.497 e. The number of ether oxygens (including phenoxy) is 1. The molecule has 19 heavy (non-hydrogen) atoms. The quantitative estimate of drug-likeness (QED) is 0.833. The minimum Gasteiger partial charge on any atom is -0.497 e. The highest BCUT2D eigenvalue weighted by molar-refractivity contribution is 5.28. The molecule has 1 aliphatic rings. The fraction of sp³-hybridized carbons (Fsp3) is 0.429. The lowest BCUT2D eigenvalue weighted by Gasteiger charge is -2.19. The summed E-state index contributed by atoms with van der Waals surface area (Å²) in [6, 6.07) is 8.27. The summed E-state index contributed by atoms with van der Waals surface area (Å²) < 4.78 is 7.41. The van der Waals surface area contributed by atoms with Gasteiger partial charge in [-0.15, -0.1) is 10.2 Å². The summed E-state index contributed by atoms with van der Waals surface area (Å²) in [6.07, 6.45) is 2.79. The van der Waals surface area contributed by atoms with Gasteiger partial charge in [0, 0.05) is 32.6 Å². The van der Waals surface area contributed by atoms with E-state index in [2.05, 4.69) is 31.8 Å². The van der Waals surface area contributed by atoms with Crippen LogP contribution in [0.25, 0.3) is 0 Å². The summed E-state index contributed by atoms with van der Waals surface area (Å²) in [7, 11) is 1.71. The topological polar surface area (TPSA) is 43.2 Å². The average molecular weight is 258 g/mol. The maximum Gasteiger partial charge on any atom is 0.134 e. The lowest BCUT2D eigenvalue weighted by Crippen LogP contribution is -2.26. The lowest BCUT2D eigenvalue weighted by atomic mass is 10.2. The van der Waals surface area contributed by atoms with Crippen LogP contribution in [-0.2, 0) is 19.5 Å². The maximum atomic E-state index is 5.27. The molecular weight excluding hydrogens is 240 g/mol. The monoisotopic (exact) mass is 258 g/mol. The first kappa shape index (κ1) is 12.2. The van der Waals surface area contributed by atoms with Crippen molar-refractivity contribution in [1.82, 2.24) is 19.7 Å². The van der Waals surface area contributed by atoms with Gasteiger partial charge in [-0.3, -0.25) is 4.90 Å². The first-order chi connectivity index (χ1) is 9.35. The molecule has 0 amide bonds. The van der Waals surface area contributed by atoms with E-state index in [4.69, 9.17) is 4.74 Å². The molecule has 0 radical (unpaired) electrons. The smallest absolute Gasteiger partial charge is 0.134 e. The molecule has 0 spiro atoms. The number of nitrogens with zero attached hydrogens (tertiary/aromatic N) is 4. The normalized spacial score (nSPS) is 15.8. The first-order valence-electron chi connectivity index (χ1n) is 6.57. The van der Waals surface area contributed by atoms with E-state index in [9.17, 15) is 0 Å². The molecular formula is C14H18N4O. The number of aromatic nitrogens is 3. The third-order valence-electron chi connectivity index (χ3n) is 3.54. The number of hydrogen-bond acceptors (Lipinski definition) is 4. The van der Waals surface area contributed by atoms with Gasteiger partial charge in [0.15, 0.2) is 0 Å². The van der Waals surface area contributed by atoms with Crippen molar-refractivity contribution in [2.75, 3.05) is 20.2 Å². The Hall–Kier alpha value is -1.88. The average Bonchev–Trinajstić information content (AvgIpc) is 2.82. The summed E-state index contributed by atoms with van der Waals surface area (Å²) in [5.74, 6) is 2.01. The number of benzene rings is 1. The zero-order valence-corrected chi connectivity index (χ0v) is 11.1. The van der Waals surface area contributed by atoms with Crippen LogP contribution in [0.1, 0.15) is 11.4 Å². The van der Waals surface area contributed by atoms with Crippen molar-refractivity contribution >= 4 is 0 Å². The second-order valence-electron chi connectivity index (χ2n) is 4.82. The Morgan fingerprint density at radius 1 is 1.26 bits per heavy atom. The van der Waals surface area contributed by atoms with Gasteiger partial charge in [0.25, 0.3) is 0 Å². The van der Waals surface area contributed by atoms with Crippen molar-refractivity contribution in [3.05, 3.63) is 42.0 Å². The molecule has 1 aromatic heterocycles. The Balaban J connectivity index is 1.66. The number of fused-ring (bicyclic) bond motifs is 1. The third kappa shape index (κ3) is 2.76. The van der Waals surface area contributed by atoms with Crippen LogP contribution < -0.4 is 4.74 Å². The van der Waals surface area contributed by atoms with Gasteiger partial charge < -0.3 is 9.30 Å². The molecule has 0 bridgehead atoms. The van der Waals surface area contributed by atoms with Crippen LogP contribution in [0.15, 0.2) is 30.6 Å². The second-order valence-corrected chi connectivity index (χ2v) is 4.82. The van der Waals surface area contributed by atoms with E-state index in [0.717, 1.165) is 44.2 Å². The highest BCUT2D eigenvalue weighted by atomic mass is 16.5. The van der Waals surface area contributed by atoms with E-state index in [1.165, 1.54) is 5.56 Å². The van der Waals surface area contributed by atoms with Crippen LogP contribution >= 0.6 is 0 Å². The molecule has 3 rings (SSSR count). The minimum atomic E-state index is 0.921. The SMILES string of the molecule is COc1cccc(CN2CCc3nncn3CC2)c1. The second kappa shape index (κ2) is 5.40. The third-order valence-corrected chi connectivity index (χ3v) is 3.54. The Labute approximate surface area is 112 Å². The molecule has 0 N–H and O–H groups in total. The summed E-state index contributed by atoms with van der Waals surface area (Å²) in [5.41, 5.74) is 1.29. The molecule has 2 heterocycles. The predicted octanol–water partition coefficient (Wildman–Crippen LogP) is 1.35. The number of rotatable bonds is 3. The van der Waals surface area contributed by atoms with Crippen LogP contribution in [0, 0.1) is 0 Å². The van der Waals surface area contributed by atoms with E-state index >= 15 is 0 Å². The van der Waals surface area contributed by atoms with E-state index < -0.39 is 0 Å². The van der Waals surface area contributed by atoms with Gasteiger partial charge in [0.1, 0.15) is 17.9 Å². The molecule has 5 heteroatoms. The van der Waals surface area contributed by atoms with Crippen molar-refractivity contribution in [1.29, 1.82) is 0 Å². The van der Waals surface area contributed by atoms with Gasteiger partial charge in [-0.25, -0.2) is 0 Å². The summed E-state index contributed by atoms with van der Waals surface area (Å²) in [4.78, 5) is 2.45. The molecule has 1 aliphatic heterocycles. The Morgan fingerprint density at radius 2 is 2.21 bits per heavy atom. The van der Waals surface area contributed by atoms with Gasteiger partial charge in [-0.05, 0) is 17.7 Å². The van der Waals surface area contributed by atoms with E-state index in [0.29, 0.717) is 0 Å². The van der Waals surface area contributed by atoms with E-state index in [-0.39, 0.29) is 0 Å². The van der Waals surface area contributed by atoms with E-state index in [1.807, 2.05) is 18.5 Å². The lowest BCUT2D eigenvalue weighted by molar-refractivity contribution is 0.270. The zero-order valence-electron chi connectivity index (χ0n) is 11.1. The number of methoxy groups -OCH3 is 1. The molecule has 0 saturated carbocycles. The summed E-state index contributed by atoms with van der Waals surface area (Å²) in [5, 5.41) is 8.11. The molecule has 100 valence electrons. The van der Waals surface area contributed by atoms with Crippen LogP contribution in [0.4, 0.5) is 0 Å². The van der Waals surface area contributed by atoms with E-state index in [1.54, 1.807) is 7.11 Å². The first-order valence-corrected chi connectivity index (χ1v) is 6.57. The summed E-state index contributed by atoms with van der Waals surface area (Å²) in [6.45, 7) is 3.97. The molecule has 5 nitrogen and oxygen atoms in total. The fourth-order valence-corrected chi connectivity index (χ4v) is 2.47. The van der Waals surface area contributed by atoms with Crippen LogP contribution in [0.5, 0.6) is 5.75 Å². The van der Waals surface area contributed by atoms with Crippen molar-refractivity contribution in [2.45, 2.75) is 19.5 Å². The Kier molecular flexibility index (Phi) is 3.46. The van der Waals surface area contributed by atoms with Crippen molar-refractivity contribution < 1.29 is 4.74 Å². The Morgan fingerprint density at radius 3 is 3.11 bits per heavy atom. The van der Waals surface area contributed by atoms with Crippen LogP contribution in [-0.4, -0.2) is 39.9 Å². The zero-order chi connectivity index (χ0) is 13.1. The van der Waals surface area contributed by atoms with Crippen molar-refractivity contribution in [3.63, 3.8) is 0 Å². The molecule has 0 saturated heterocycles. The van der Waals surface area contributed by atoms with Gasteiger partial charge in [-0.1, -0.05) is 12.1 Å². The molecule has 1 aromatic carbocycles. The Bertz CT molecular complexity index is 529. The van der Waals surface area contributed by atoms with Crippen molar-refractivity contribution in [2.24, 2.45) is 0 Å². The summed E-state index contributed by atoms with van der Waals surface area (Å²) >= 11 is 0. The maximum absolute atomic E-state index is 5.27. The molecule has 0 unspecified atom stereocenters. The molecule has 2 aromatic rings. The fourth-order valence-electron chi connectivity index (χ4n) is 2.47. The highest BCUT2D eigenvalue weighted by Gasteiger charge is 2.14. The van der Waals surface area contributed by atoms with Gasteiger partial charge in [-0.2, -0.15) is 0 Å². The van der Waals surface area contributed by atoms with Crippen LogP contribution in [0.3, 0.4) is 0 Å². The van der Waals surface area contributed by atoms with Gasteiger partial charge >= 0.3 is 0 Å². The minimum absolute atomic E-state index is 0.921. The molecule has 0 atom stereocenters. The number of hydrogen-bond donors (Lipinski definition) is 0. The predicted molar refractivity (Wildman–Crippen MR) is 72.0 cm³/mol. The highest BCUT2D eigenvalue weighted by Crippen LogP contribution is 2.15. The van der Waals surface area contributed by atoms with Gasteiger partial charge in [0.2, 0.25) is 0 Å².